The lowest BCUT2D eigenvalue weighted by Gasteiger charge is -2.05. The van der Waals surface area contributed by atoms with Crippen molar-refractivity contribution < 1.29 is 5.11 Å². The standard InChI is InChI=1S/C8H12OS2/c1-10-6-8(9)4-7-2-3-11-5-7/h2-3,5,8-9H,4,6H2,1H3. The van der Waals surface area contributed by atoms with Gasteiger partial charge in [-0.05, 0) is 35.1 Å². The average molecular weight is 188 g/mol. The molecule has 0 saturated heterocycles. The molecule has 1 rings (SSSR count). The van der Waals surface area contributed by atoms with Crippen molar-refractivity contribution in [3.63, 3.8) is 0 Å². The molecular weight excluding hydrogens is 176 g/mol. The van der Waals surface area contributed by atoms with Crippen molar-refractivity contribution in [1.29, 1.82) is 0 Å². The van der Waals surface area contributed by atoms with Gasteiger partial charge >= 0.3 is 0 Å². The summed E-state index contributed by atoms with van der Waals surface area (Å²) in [4.78, 5) is 0. The van der Waals surface area contributed by atoms with Gasteiger partial charge in [0.05, 0.1) is 6.10 Å². The molecule has 1 nitrogen and oxygen atoms in total. The molecule has 0 saturated carbocycles. The Bertz CT molecular complexity index is 184. The van der Waals surface area contributed by atoms with Crippen molar-refractivity contribution >= 4 is 23.1 Å². The smallest absolute Gasteiger partial charge is 0.0671 e. The molecule has 0 fully saturated rings. The van der Waals surface area contributed by atoms with Gasteiger partial charge in [-0.1, -0.05) is 0 Å². The lowest BCUT2D eigenvalue weighted by Crippen LogP contribution is -2.12. The molecule has 0 radical (unpaired) electrons. The average Bonchev–Trinajstić information content (AvgIpc) is 2.40. The maximum atomic E-state index is 9.40. The highest BCUT2D eigenvalue weighted by molar-refractivity contribution is 7.98. The van der Waals surface area contributed by atoms with Crippen LogP contribution >= 0.6 is 23.1 Å². The summed E-state index contributed by atoms with van der Waals surface area (Å²) >= 11 is 3.37. The first-order chi connectivity index (χ1) is 5.33. The first-order valence-electron chi connectivity index (χ1n) is 3.51. The Hall–Kier alpha value is 0.01000. The Balaban J connectivity index is 2.31. The van der Waals surface area contributed by atoms with Crippen LogP contribution in [0.3, 0.4) is 0 Å². The molecule has 0 aliphatic carbocycles. The number of aliphatic hydroxyl groups excluding tert-OH is 1. The van der Waals surface area contributed by atoms with Crippen molar-refractivity contribution in [3.8, 4) is 0 Å². The van der Waals surface area contributed by atoms with Gasteiger partial charge in [-0.2, -0.15) is 23.1 Å². The Labute approximate surface area is 75.4 Å². The molecule has 0 aromatic carbocycles. The molecule has 0 aliphatic rings. The minimum absolute atomic E-state index is 0.181. The maximum Gasteiger partial charge on any atom is 0.0671 e. The molecule has 1 unspecified atom stereocenters. The van der Waals surface area contributed by atoms with Gasteiger partial charge in [0.25, 0.3) is 0 Å². The van der Waals surface area contributed by atoms with Gasteiger partial charge in [-0.15, -0.1) is 0 Å². The molecule has 0 amide bonds. The molecule has 0 aliphatic heterocycles. The lowest BCUT2D eigenvalue weighted by molar-refractivity contribution is 0.200. The van der Waals surface area contributed by atoms with Crippen molar-refractivity contribution in [1.82, 2.24) is 0 Å². The Kier molecular flexibility index (Phi) is 3.97. The van der Waals surface area contributed by atoms with Crippen LogP contribution in [0.25, 0.3) is 0 Å². The van der Waals surface area contributed by atoms with Gasteiger partial charge in [0.2, 0.25) is 0 Å². The topological polar surface area (TPSA) is 20.2 Å². The third-order valence-corrected chi connectivity index (χ3v) is 2.86. The van der Waals surface area contributed by atoms with Gasteiger partial charge in [0.1, 0.15) is 0 Å². The molecule has 1 heterocycles. The fourth-order valence-corrected chi connectivity index (χ4v) is 2.12. The van der Waals surface area contributed by atoms with Crippen LogP contribution in [-0.4, -0.2) is 23.2 Å². The fourth-order valence-electron chi connectivity index (χ4n) is 0.932. The van der Waals surface area contributed by atoms with Crippen molar-refractivity contribution in [2.45, 2.75) is 12.5 Å². The first-order valence-corrected chi connectivity index (χ1v) is 5.84. The third kappa shape index (κ3) is 3.27. The molecular formula is C8H12OS2. The highest BCUT2D eigenvalue weighted by atomic mass is 32.2. The summed E-state index contributed by atoms with van der Waals surface area (Å²) in [6, 6.07) is 2.06. The number of hydrogen-bond donors (Lipinski definition) is 1. The van der Waals surface area contributed by atoms with E-state index in [0.29, 0.717) is 0 Å². The van der Waals surface area contributed by atoms with Gasteiger partial charge in [-0.25, -0.2) is 0 Å². The van der Waals surface area contributed by atoms with E-state index < -0.39 is 0 Å². The van der Waals surface area contributed by atoms with E-state index in [1.807, 2.05) is 11.6 Å². The van der Waals surface area contributed by atoms with E-state index in [1.165, 1.54) is 5.56 Å². The van der Waals surface area contributed by atoms with Gasteiger partial charge in [0.15, 0.2) is 0 Å². The third-order valence-electron chi connectivity index (χ3n) is 1.41. The van der Waals surface area contributed by atoms with Gasteiger partial charge in [-0.3, -0.25) is 0 Å². The van der Waals surface area contributed by atoms with Crippen LogP contribution in [0.2, 0.25) is 0 Å². The molecule has 3 heteroatoms. The van der Waals surface area contributed by atoms with Crippen molar-refractivity contribution in [2.75, 3.05) is 12.0 Å². The summed E-state index contributed by atoms with van der Waals surface area (Å²) in [6.45, 7) is 0. The van der Waals surface area contributed by atoms with E-state index in [0.717, 1.165) is 12.2 Å². The van der Waals surface area contributed by atoms with Crippen LogP contribution < -0.4 is 0 Å². The number of rotatable bonds is 4. The molecule has 11 heavy (non-hydrogen) atoms. The normalized spacial score (nSPS) is 13.3. The SMILES string of the molecule is CSCC(O)Cc1ccsc1. The zero-order valence-corrected chi connectivity index (χ0v) is 8.12. The van der Waals surface area contributed by atoms with Crippen LogP contribution in [0.4, 0.5) is 0 Å². The summed E-state index contributed by atoms with van der Waals surface area (Å²) < 4.78 is 0. The number of hydrogen-bond acceptors (Lipinski definition) is 3. The van der Waals surface area contributed by atoms with E-state index in [1.54, 1.807) is 23.1 Å². The number of thioether (sulfide) groups is 1. The second-order valence-electron chi connectivity index (χ2n) is 2.44. The largest absolute Gasteiger partial charge is 0.392 e. The predicted molar refractivity (Wildman–Crippen MR) is 52.4 cm³/mol. The van der Waals surface area contributed by atoms with Crippen molar-refractivity contribution in [2.24, 2.45) is 0 Å². The zero-order chi connectivity index (χ0) is 8.10. The van der Waals surface area contributed by atoms with E-state index in [2.05, 4.69) is 11.4 Å². The highest BCUT2D eigenvalue weighted by Gasteiger charge is 2.03. The second kappa shape index (κ2) is 4.80. The minimum atomic E-state index is -0.181. The molecule has 1 atom stereocenters. The zero-order valence-electron chi connectivity index (χ0n) is 6.49. The summed E-state index contributed by atoms with van der Waals surface area (Å²) in [5.74, 6) is 0.829. The van der Waals surface area contributed by atoms with Crippen LogP contribution in [0.15, 0.2) is 16.8 Å². The van der Waals surface area contributed by atoms with E-state index in [9.17, 15) is 5.11 Å². The minimum Gasteiger partial charge on any atom is -0.392 e. The molecule has 1 aromatic heterocycles. The number of aliphatic hydroxyl groups is 1. The highest BCUT2D eigenvalue weighted by Crippen LogP contribution is 2.10. The molecule has 62 valence electrons. The molecule has 1 aromatic rings. The number of thiophene rings is 1. The van der Waals surface area contributed by atoms with Crippen LogP contribution in [0.1, 0.15) is 5.56 Å². The summed E-state index contributed by atoms with van der Waals surface area (Å²) in [6.07, 6.45) is 2.63. The van der Waals surface area contributed by atoms with Crippen LogP contribution in [0.5, 0.6) is 0 Å². The summed E-state index contributed by atoms with van der Waals surface area (Å²) in [5, 5.41) is 13.5. The van der Waals surface area contributed by atoms with Crippen LogP contribution in [-0.2, 0) is 6.42 Å². The monoisotopic (exact) mass is 188 g/mol. The van der Waals surface area contributed by atoms with Crippen molar-refractivity contribution in [3.05, 3.63) is 22.4 Å². The summed E-state index contributed by atoms with van der Waals surface area (Å²) in [7, 11) is 0. The molecule has 0 bridgehead atoms. The Morgan fingerprint density at radius 1 is 1.73 bits per heavy atom. The van der Waals surface area contributed by atoms with E-state index >= 15 is 0 Å². The lowest BCUT2D eigenvalue weighted by atomic mass is 10.2. The Morgan fingerprint density at radius 2 is 2.55 bits per heavy atom. The van der Waals surface area contributed by atoms with Gasteiger partial charge in [0, 0.05) is 5.75 Å². The quantitative estimate of drug-likeness (QED) is 0.780. The maximum absolute atomic E-state index is 9.40. The van der Waals surface area contributed by atoms with E-state index in [4.69, 9.17) is 0 Å². The second-order valence-corrected chi connectivity index (χ2v) is 4.14. The van der Waals surface area contributed by atoms with E-state index in [-0.39, 0.29) is 6.10 Å². The fraction of sp³-hybridized carbons (Fsp3) is 0.500. The molecule has 0 spiro atoms. The van der Waals surface area contributed by atoms with Crippen LogP contribution in [0, 0.1) is 0 Å². The first kappa shape index (κ1) is 9.10. The van der Waals surface area contributed by atoms with Gasteiger partial charge < -0.3 is 5.11 Å². The predicted octanol–water partition coefficient (Wildman–Crippen LogP) is 2.01. The summed E-state index contributed by atoms with van der Waals surface area (Å²) in [5.41, 5.74) is 1.25. The molecule has 1 N–H and O–H groups in total. The Morgan fingerprint density at radius 3 is 3.09 bits per heavy atom.